The molecule has 0 atom stereocenters. The van der Waals surface area contributed by atoms with Crippen molar-refractivity contribution in [3.8, 4) is 5.75 Å². The Morgan fingerprint density at radius 1 is 1.47 bits per heavy atom. The molecule has 0 radical (unpaired) electrons. The lowest BCUT2D eigenvalue weighted by atomic mass is 10.4. The second kappa shape index (κ2) is 3.90. The lowest BCUT2D eigenvalue weighted by Crippen LogP contribution is -2.03. The van der Waals surface area contributed by atoms with Crippen LogP contribution >= 0.6 is 0 Å². The molecule has 2 aromatic heterocycles. The summed E-state index contributed by atoms with van der Waals surface area (Å²) in [5.74, 6) is 0.711. The molecule has 2 aromatic rings. The highest BCUT2D eigenvalue weighted by atomic mass is 16.5. The summed E-state index contributed by atoms with van der Waals surface area (Å²) in [6.45, 7) is 4.30. The fraction of sp³-hybridized carbons (Fsp3) is 0.364. The molecular weight excluding hydrogens is 192 g/mol. The Balaban J connectivity index is 2.51. The molecule has 15 heavy (non-hydrogen) atoms. The van der Waals surface area contributed by atoms with Crippen molar-refractivity contribution >= 4 is 5.65 Å². The van der Waals surface area contributed by atoms with Gasteiger partial charge in [-0.25, -0.2) is 4.98 Å². The smallest absolute Gasteiger partial charge is 0.180 e. The van der Waals surface area contributed by atoms with E-state index in [0.717, 1.165) is 17.0 Å². The molecule has 0 spiro atoms. The van der Waals surface area contributed by atoms with Crippen molar-refractivity contribution in [2.45, 2.75) is 13.8 Å². The number of imidazole rings is 1. The van der Waals surface area contributed by atoms with Gasteiger partial charge in [0.1, 0.15) is 6.61 Å². The SMILES string of the molecule is Cc1nc2c(OCCO)cccn2c1C. The van der Waals surface area contributed by atoms with Crippen LogP contribution in [0, 0.1) is 13.8 Å². The minimum atomic E-state index is 0.0136. The van der Waals surface area contributed by atoms with Gasteiger partial charge in [0.25, 0.3) is 0 Å². The minimum absolute atomic E-state index is 0.0136. The van der Waals surface area contributed by atoms with Crippen LogP contribution in [0.3, 0.4) is 0 Å². The lowest BCUT2D eigenvalue weighted by Gasteiger charge is -2.05. The molecule has 1 N–H and O–H groups in total. The van der Waals surface area contributed by atoms with E-state index in [4.69, 9.17) is 9.84 Å². The zero-order chi connectivity index (χ0) is 10.8. The van der Waals surface area contributed by atoms with Crippen LogP contribution in [0.2, 0.25) is 0 Å². The summed E-state index contributed by atoms with van der Waals surface area (Å²) in [6.07, 6.45) is 1.95. The van der Waals surface area contributed by atoms with Crippen molar-refractivity contribution in [3.63, 3.8) is 0 Å². The highest BCUT2D eigenvalue weighted by Crippen LogP contribution is 2.21. The maximum Gasteiger partial charge on any atom is 0.180 e. The molecule has 0 aliphatic heterocycles. The molecule has 0 saturated heterocycles. The van der Waals surface area contributed by atoms with Crippen LogP contribution in [0.25, 0.3) is 5.65 Å². The van der Waals surface area contributed by atoms with E-state index in [-0.39, 0.29) is 6.61 Å². The molecule has 4 heteroatoms. The standard InChI is InChI=1S/C11H14N2O2/c1-8-9(2)13-5-3-4-10(11(13)12-8)15-7-6-14/h3-5,14H,6-7H2,1-2H3. The van der Waals surface area contributed by atoms with Gasteiger partial charge >= 0.3 is 0 Å². The molecule has 0 bridgehead atoms. The Kier molecular flexibility index (Phi) is 2.60. The quantitative estimate of drug-likeness (QED) is 0.824. The van der Waals surface area contributed by atoms with Crippen LogP contribution in [0.15, 0.2) is 18.3 Å². The minimum Gasteiger partial charge on any atom is -0.487 e. The Morgan fingerprint density at radius 3 is 3.00 bits per heavy atom. The molecule has 0 amide bonds. The number of hydrogen-bond donors (Lipinski definition) is 1. The van der Waals surface area contributed by atoms with Crippen molar-refractivity contribution in [2.24, 2.45) is 0 Å². The third-order valence-corrected chi connectivity index (χ3v) is 2.44. The van der Waals surface area contributed by atoms with E-state index < -0.39 is 0 Å². The Labute approximate surface area is 88.1 Å². The highest BCUT2D eigenvalue weighted by molar-refractivity contribution is 5.55. The molecule has 0 aliphatic carbocycles. The molecule has 0 aromatic carbocycles. The maximum atomic E-state index is 8.71. The van der Waals surface area contributed by atoms with Gasteiger partial charge in [0, 0.05) is 11.9 Å². The number of aromatic nitrogens is 2. The van der Waals surface area contributed by atoms with Crippen LogP contribution in [0.5, 0.6) is 5.75 Å². The largest absolute Gasteiger partial charge is 0.487 e. The number of fused-ring (bicyclic) bond motifs is 1. The van der Waals surface area contributed by atoms with Crippen molar-refractivity contribution < 1.29 is 9.84 Å². The Hall–Kier alpha value is -1.55. The molecule has 2 heterocycles. The first-order valence-corrected chi connectivity index (χ1v) is 4.92. The molecule has 0 aliphatic rings. The molecular formula is C11H14N2O2. The molecule has 0 saturated carbocycles. The zero-order valence-electron chi connectivity index (χ0n) is 8.90. The first-order valence-electron chi connectivity index (χ1n) is 4.92. The van der Waals surface area contributed by atoms with E-state index in [9.17, 15) is 0 Å². The number of aryl methyl sites for hydroxylation is 2. The third-order valence-electron chi connectivity index (χ3n) is 2.44. The number of hydrogen-bond acceptors (Lipinski definition) is 3. The fourth-order valence-electron chi connectivity index (χ4n) is 1.54. The maximum absolute atomic E-state index is 8.71. The second-order valence-corrected chi connectivity index (χ2v) is 3.42. The summed E-state index contributed by atoms with van der Waals surface area (Å²) in [5, 5.41) is 8.71. The predicted molar refractivity (Wildman–Crippen MR) is 57.2 cm³/mol. The Bertz CT molecular complexity index is 477. The summed E-state index contributed by atoms with van der Waals surface area (Å²) in [5.41, 5.74) is 2.91. The van der Waals surface area contributed by atoms with Gasteiger partial charge in [-0.3, -0.25) is 0 Å². The van der Waals surface area contributed by atoms with Gasteiger partial charge in [0.2, 0.25) is 0 Å². The van der Waals surface area contributed by atoms with Gasteiger partial charge in [-0.15, -0.1) is 0 Å². The predicted octanol–water partition coefficient (Wildman–Crippen LogP) is 1.32. The molecule has 0 fully saturated rings. The number of nitrogens with zero attached hydrogens (tertiary/aromatic N) is 2. The summed E-state index contributed by atoms with van der Waals surface area (Å²) in [7, 11) is 0. The Morgan fingerprint density at radius 2 is 2.27 bits per heavy atom. The van der Waals surface area contributed by atoms with Crippen molar-refractivity contribution in [1.82, 2.24) is 9.38 Å². The first-order chi connectivity index (χ1) is 7.24. The van der Waals surface area contributed by atoms with Crippen molar-refractivity contribution in [1.29, 1.82) is 0 Å². The normalized spacial score (nSPS) is 10.9. The van der Waals surface area contributed by atoms with Crippen molar-refractivity contribution in [2.75, 3.05) is 13.2 Å². The van der Waals surface area contributed by atoms with Gasteiger partial charge in [-0.05, 0) is 26.0 Å². The average molecular weight is 206 g/mol. The second-order valence-electron chi connectivity index (χ2n) is 3.42. The molecule has 0 unspecified atom stereocenters. The highest BCUT2D eigenvalue weighted by Gasteiger charge is 2.08. The van der Waals surface area contributed by atoms with Gasteiger partial charge in [0.05, 0.1) is 12.3 Å². The molecule has 2 rings (SSSR count). The first kappa shape index (κ1) is 9.98. The summed E-state index contributed by atoms with van der Waals surface area (Å²) in [6, 6.07) is 3.77. The molecule has 4 nitrogen and oxygen atoms in total. The third kappa shape index (κ3) is 1.68. The monoisotopic (exact) mass is 206 g/mol. The van der Waals surface area contributed by atoms with E-state index in [0.29, 0.717) is 12.4 Å². The van der Waals surface area contributed by atoms with Crippen LogP contribution < -0.4 is 4.74 Å². The van der Waals surface area contributed by atoms with Gasteiger partial charge in [0.15, 0.2) is 11.4 Å². The number of ether oxygens (including phenoxy) is 1. The number of pyridine rings is 1. The van der Waals surface area contributed by atoms with Gasteiger partial charge in [-0.1, -0.05) is 0 Å². The van der Waals surface area contributed by atoms with Crippen LogP contribution in [-0.2, 0) is 0 Å². The summed E-state index contributed by atoms with van der Waals surface area (Å²) in [4.78, 5) is 4.42. The van der Waals surface area contributed by atoms with Crippen LogP contribution in [0.4, 0.5) is 0 Å². The van der Waals surface area contributed by atoms with E-state index in [1.165, 1.54) is 0 Å². The zero-order valence-corrected chi connectivity index (χ0v) is 8.90. The topological polar surface area (TPSA) is 46.8 Å². The van der Waals surface area contributed by atoms with E-state index >= 15 is 0 Å². The van der Waals surface area contributed by atoms with E-state index in [1.807, 2.05) is 36.6 Å². The number of aliphatic hydroxyl groups is 1. The number of aliphatic hydroxyl groups excluding tert-OH is 1. The van der Waals surface area contributed by atoms with E-state index in [1.54, 1.807) is 0 Å². The fourth-order valence-corrected chi connectivity index (χ4v) is 1.54. The van der Waals surface area contributed by atoms with Crippen LogP contribution in [0.1, 0.15) is 11.4 Å². The summed E-state index contributed by atoms with van der Waals surface area (Å²) >= 11 is 0. The number of rotatable bonds is 3. The molecule has 80 valence electrons. The van der Waals surface area contributed by atoms with Crippen LogP contribution in [-0.4, -0.2) is 27.7 Å². The lowest BCUT2D eigenvalue weighted by molar-refractivity contribution is 0.202. The van der Waals surface area contributed by atoms with Gasteiger partial charge < -0.3 is 14.2 Å². The summed E-state index contributed by atoms with van der Waals surface area (Å²) < 4.78 is 7.39. The van der Waals surface area contributed by atoms with Crippen molar-refractivity contribution in [3.05, 3.63) is 29.7 Å². The van der Waals surface area contributed by atoms with Gasteiger partial charge in [-0.2, -0.15) is 0 Å². The van der Waals surface area contributed by atoms with E-state index in [2.05, 4.69) is 4.98 Å². The average Bonchev–Trinajstić information content (AvgIpc) is 2.53.